The minimum atomic E-state index is -1.92. The molecule has 3 rings (SSSR count). The number of cyclic esters (lactones) is 1. The number of esters is 2. The van der Waals surface area contributed by atoms with E-state index in [4.69, 9.17) is 14.2 Å². The molecule has 2 aromatic carbocycles. The van der Waals surface area contributed by atoms with E-state index in [1.54, 1.807) is 13.0 Å². The lowest BCUT2D eigenvalue weighted by atomic mass is 9.92. The van der Waals surface area contributed by atoms with Crippen molar-refractivity contribution in [3.63, 3.8) is 0 Å². The van der Waals surface area contributed by atoms with Gasteiger partial charge in [0.15, 0.2) is 5.75 Å². The zero-order valence-corrected chi connectivity index (χ0v) is 17.9. The van der Waals surface area contributed by atoms with Gasteiger partial charge in [0.1, 0.15) is 11.3 Å². The number of aryl methyl sites for hydroxylation is 2. The highest BCUT2D eigenvalue weighted by atomic mass is 16.8. The molecule has 0 spiro atoms. The van der Waals surface area contributed by atoms with E-state index in [9.17, 15) is 14.7 Å². The van der Waals surface area contributed by atoms with Crippen molar-refractivity contribution in [2.75, 3.05) is 6.61 Å². The predicted molar refractivity (Wildman–Crippen MR) is 113 cm³/mol. The van der Waals surface area contributed by atoms with E-state index in [-0.39, 0.29) is 23.7 Å². The molecule has 6 nitrogen and oxygen atoms in total. The first-order chi connectivity index (χ1) is 14.3. The van der Waals surface area contributed by atoms with Gasteiger partial charge in [0.2, 0.25) is 0 Å². The number of ether oxygens (including phenoxy) is 3. The highest BCUT2D eigenvalue weighted by Crippen LogP contribution is 2.47. The topological polar surface area (TPSA) is 82.1 Å². The summed E-state index contributed by atoms with van der Waals surface area (Å²) < 4.78 is 16.4. The minimum Gasteiger partial charge on any atom is -0.507 e. The molecule has 1 aliphatic rings. The Balaban J connectivity index is 2.20. The Hall–Kier alpha value is -3.02. The fraction of sp³-hybridized carbons (Fsp3) is 0.417. The molecule has 1 heterocycles. The molecule has 0 radical (unpaired) electrons. The Bertz CT molecular complexity index is 964. The van der Waals surface area contributed by atoms with E-state index in [0.29, 0.717) is 23.1 Å². The van der Waals surface area contributed by atoms with E-state index in [0.717, 1.165) is 24.8 Å². The number of fused-ring (bicyclic) bond motifs is 1. The first kappa shape index (κ1) is 21.7. The molecule has 1 unspecified atom stereocenters. The van der Waals surface area contributed by atoms with Crippen molar-refractivity contribution in [3.8, 4) is 22.6 Å². The van der Waals surface area contributed by atoms with Crippen LogP contribution < -0.4 is 4.74 Å². The lowest BCUT2D eigenvalue weighted by Gasteiger charge is -2.34. The quantitative estimate of drug-likeness (QED) is 0.513. The van der Waals surface area contributed by atoms with Gasteiger partial charge in [0.05, 0.1) is 12.2 Å². The zero-order valence-electron chi connectivity index (χ0n) is 17.9. The maximum absolute atomic E-state index is 13.0. The summed E-state index contributed by atoms with van der Waals surface area (Å²) in [7, 11) is 0. The number of benzene rings is 2. The van der Waals surface area contributed by atoms with Gasteiger partial charge in [-0.2, -0.15) is 0 Å². The third kappa shape index (κ3) is 4.13. The molecule has 1 N–H and O–H groups in total. The highest BCUT2D eigenvalue weighted by Gasteiger charge is 2.48. The van der Waals surface area contributed by atoms with Crippen LogP contribution in [0.5, 0.6) is 11.5 Å². The van der Waals surface area contributed by atoms with Crippen LogP contribution >= 0.6 is 0 Å². The van der Waals surface area contributed by atoms with Gasteiger partial charge >= 0.3 is 17.7 Å². The smallest absolute Gasteiger partial charge is 0.392 e. The van der Waals surface area contributed by atoms with E-state index in [2.05, 4.69) is 6.92 Å². The van der Waals surface area contributed by atoms with Gasteiger partial charge in [-0.05, 0) is 43.9 Å². The maximum atomic E-state index is 13.0. The Morgan fingerprint density at radius 2 is 1.90 bits per heavy atom. The molecular weight excluding hydrogens is 384 g/mol. The van der Waals surface area contributed by atoms with Crippen LogP contribution in [0.25, 0.3) is 11.1 Å². The van der Waals surface area contributed by atoms with Crippen LogP contribution in [0.2, 0.25) is 0 Å². The number of phenolic OH excluding ortho intramolecular Hbond substituents is 1. The van der Waals surface area contributed by atoms with Crippen LogP contribution in [0.15, 0.2) is 30.3 Å². The predicted octanol–water partition coefficient (Wildman–Crippen LogP) is 4.93. The van der Waals surface area contributed by atoms with Crippen LogP contribution in [0, 0.1) is 6.92 Å². The molecule has 0 aliphatic carbocycles. The number of hydrogen-bond donors (Lipinski definition) is 1. The molecular formula is C24H28O6. The van der Waals surface area contributed by atoms with Crippen molar-refractivity contribution in [2.45, 2.75) is 59.2 Å². The van der Waals surface area contributed by atoms with E-state index < -0.39 is 17.7 Å². The van der Waals surface area contributed by atoms with E-state index in [1.807, 2.05) is 31.2 Å². The molecule has 1 atom stereocenters. The van der Waals surface area contributed by atoms with Gasteiger partial charge in [0, 0.05) is 6.92 Å². The Kier molecular flexibility index (Phi) is 6.34. The number of carbonyl (C=O) groups is 2. The summed E-state index contributed by atoms with van der Waals surface area (Å²) in [5, 5.41) is 10.9. The minimum absolute atomic E-state index is 0.00763. The standard InChI is InChI=1S/C24H28O6/c1-5-7-8-11-17-14-18(25)19(16-12-9-10-15(3)13-16)21-20(17)22(26)30-24(4,29-21)23(27)28-6-2/h9-10,12-14,25H,5-8,11H2,1-4H3. The van der Waals surface area contributed by atoms with Gasteiger partial charge in [-0.1, -0.05) is 49.6 Å². The number of hydrogen-bond acceptors (Lipinski definition) is 6. The number of unbranched alkanes of at least 4 members (excludes halogenated alkanes) is 2. The van der Waals surface area contributed by atoms with Crippen LogP contribution in [0.4, 0.5) is 0 Å². The fourth-order valence-electron chi connectivity index (χ4n) is 3.65. The molecule has 0 amide bonds. The number of rotatable bonds is 7. The molecule has 160 valence electrons. The molecule has 6 heteroatoms. The van der Waals surface area contributed by atoms with E-state index >= 15 is 0 Å². The lowest BCUT2D eigenvalue weighted by Crippen LogP contribution is -2.50. The van der Waals surface area contributed by atoms with Crippen molar-refractivity contribution in [2.24, 2.45) is 0 Å². The largest absolute Gasteiger partial charge is 0.507 e. The lowest BCUT2D eigenvalue weighted by molar-refractivity contribution is -0.198. The second-order valence-corrected chi connectivity index (χ2v) is 7.62. The first-order valence-corrected chi connectivity index (χ1v) is 10.4. The van der Waals surface area contributed by atoms with Crippen molar-refractivity contribution in [3.05, 3.63) is 47.0 Å². The molecule has 0 saturated heterocycles. The second kappa shape index (κ2) is 8.78. The van der Waals surface area contributed by atoms with E-state index in [1.165, 1.54) is 6.92 Å². The maximum Gasteiger partial charge on any atom is 0.392 e. The zero-order chi connectivity index (χ0) is 21.9. The third-order valence-corrected chi connectivity index (χ3v) is 5.13. The van der Waals surface area contributed by atoms with Crippen LogP contribution in [-0.4, -0.2) is 29.4 Å². The summed E-state index contributed by atoms with van der Waals surface area (Å²) in [5.74, 6) is -3.24. The number of aromatic hydroxyl groups is 1. The monoisotopic (exact) mass is 412 g/mol. The molecule has 0 saturated carbocycles. The normalized spacial score (nSPS) is 17.7. The third-order valence-electron chi connectivity index (χ3n) is 5.13. The first-order valence-electron chi connectivity index (χ1n) is 10.4. The summed E-state index contributed by atoms with van der Waals surface area (Å²) in [6, 6.07) is 9.10. The summed E-state index contributed by atoms with van der Waals surface area (Å²) in [5.41, 5.74) is 2.93. The van der Waals surface area contributed by atoms with Crippen LogP contribution in [-0.2, 0) is 20.7 Å². The summed E-state index contributed by atoms with van der Waals surface area (Å²) in [6.07, 6.45) is 3.46. The summed E-state index contributed by atoms with van der Waals surface area (Å²) in [6.45, 7) is 7.16. The Morgan fingerprint density at radius 3 is 2.57 bits per heavy atom. The Morgan fingerprint density at radius 1 is 1.13 bits per heavy atom. The molecule has 0 fully saturated rings. The summed E-state index contributed by atoms with van der Waals surface area (Å²) in [4.78, 5) is 25.5. The highest BCUT2D eigenvalue weighted by molar-refractivity contribution is 6.01. The van der Waals surface area contributed by atoms with Crippen molar-refractivity contribution >= 4 is 11.9 Å². The number of phenols is 1. The molecule has 2 aromatic rings. The fourth-order valence-corrected chi connectivity index (χ4v) is 3.65. The Labute approximate surface area is 176 Å². The molecule has 30 heavy (non-hydrogen) atoms. The molecule has 0 bridgehead atoms. The van der Waals surface area contributed by atoms with Gasteiger partial charge in [-0.25, -0.2) is 9.59 Å². The van der Waals surface area contributed by atoms with Gasteiger partial charge in [-0.15, -0.1) is 0 Å². The van der Waals surface area contributed by atoms with Gasteiger partial charge < -0.3 is 19.3 Å². The molecule has 0 aromatic heterocycles. The van der Waals surface area contributed by atoms with Crippen LogP contribution in [0.3, 0.4) is 0 Å². The van der Waals surface area contributed by atoms with Gasteiger partial charge in [0.25, 0.3) is 0 Å². The van der Waals surface area contributed by atoms with Gasteiger partial charge in [-0.3, -0.25) is 0 Å². The molecule has 1 aliphatic heterocycles. The number of carbonyl (C=O) groups excluding carboxylic acids is 2. The SMILES string of the molecule is CCCCCc1cc(O)c(-c2cccc(C)c2)c2c1C(=O)OC(C)(C(=O)OCC)O2. The second-order valence-electron chi connectivity index (χ2n) is 7.62. The van der Waals surface area contributed by atoms with Crippen molar-refractivity contribution < 1.29 is 28.9 Å². The van der Waals surface area contributed by atoms with Crippen molar-refractivity contribution in [1.29, 1.82) is 0 Å². The van der Waals surface area contributed by atoms with Crippen molar-refractivity contribution in [1.82, 2.24) is 0 Å². The summed E-state index contributed by atoms with van der Waals surface area (Å²) >= 11 is 0. The average molecular weight is 412 g/mol. The average Bonchev–Trinajstić information content (AvgIpc) is 2.67. The van der Waals surface area contributed by atoms with Crippen LogP contribution in [0.1, 0.15) is 61.5 Å².